The van der Waals surface area contributed by atoms with E-state index in [1.54, 1.807) is 6.07 Å². The molecule has 1 fully saturated rings. The third-order valence-electron chi connectivity index (χ3n) is 2.48. The van der Waals surface area contributed by atoms with E-state index in [1.807, 2.05) is 0 Å². The Morgan fingerprint density at radius 2 is 1.80 bits per heavy atom. The summed E-state index contributed by atoms with van der Waals surface area (Å²) in [5.41, 5.74) is 0.585. The first-order chi connectivity index (χ1) is 7.09. The monoisotopic (exact) mass is 262 g/mol. The third kappa shape index (κ3) is 2.10. The first-order valence-corrected chi connectivity index (χ1v) is 6.17. The van der Waals surface area contributed by atoms with Gasteiger partial charge in [0.25, 0.3) is 0 Å². The maximum Gasteiger partial charge on any atom is 0.147 e. The summed E-state index contributed by atoms with van der Waals surface area (Å²) in [7, 11) is 0. The zero-order valence-electron chi connectivity index (χ0n) is 7.76. The minimum absolute atomic E-state index is 0.0392. The molecule has 80 valence electrons. The molecule has 2 rings (SSSR count). The number of thiophene rings is 1. The average Bonchev–Trinajstić information content (AvgIpc) is 2.45. The molecule has 0 unspecified atom stereocenters. The van der Waals surface area contributed by atoms with Crippen molar-refractivity contribution >= 4 is 46.1 Å². The Balaban J connectivity index is 2.39. The Morgan fingerprint density at radius 1 is 1.20 bits per heavy atom. The van der Waals surface area contributed by atoms with Gasteiger partial charge in [0.1, 0.15) is 17.5 Å². The number of hydrogen-bond acceptors (Lipinski definition) is 3. The third-order valence-corrected chi connectivity index (χ3v) is 4.00. The molecular formula is C10H8Cl2O2S. The summed E-state index contributed by atoms with van der Waals surface area (Å²) in [6.07, 6.45) is 1.57. The van der Waals surface area contributed by atoms with E-state index < -0.39 is 5.92 Å². The van der Waals surface area contributed by atoms with E-state index in [9.17, 15) is 9.59 Å². The lowest BCUT2D eigenvalue weighted by Crippen LogP contribution is -2.26. The largest absolute Gasteiger partial charge is 0.299 e. The van der Waals surface area contributed by atoms with Gasteiger partial charge in [-0.1, -0.05) is 23.2 Å². The zero-order valence-corrected chi connectivity index (χ0v) is 10.1. The van der Waals surface area contributed by atoms with Gasteiger partial charge < -0.3 is 0 Å². The van der Waals surface area contributed by atoms with Crippen molar-refractivity contribution in [2.24, 2.45) is 0 Å². The van der Waals surface area contributed by atoms with Crippen molar-refractivity contribution in [3.63, 3.8) is 0 Å². The van der Waals surface area contributed by atoms with Gasteiger partial charge in [0.05, 0.1) is 8.67 Å². The normalized spacial score (nSPS) is 18.5. The molecule has 0 amide bonds. The van der Waals surface area contributed by atoms with Gasteiger partial charge in [-0.3, -0.25) is 9.59 Å². The molecule has 1 saturated carbocycles. The van der Waals surface area contributed by atoms with Crippen molar-refractivity contribution in [2.45, 2.75) is 25.2 Å². The maximum atomic E-state index is 11.6. The van der Waals surface area contributed by atoms with Gasteiger partial charge in [-0.25, -0.2) is 0 Å². The minimum Gasteiger partial charge on any atom is -0.299 e. The van der Waals surface area contributed by atoms with Crippen LogP contribution in [0.3, 0.4) is 0 Å². The highest BCUT2D eigenvalue weighted by Crippen LogP contribution is 2.39. The molecule has 0 bridgehead atoms. The van der Waals surface area contributed by atoms with Crippen molar-refractivity contribution in [1.29, 1.82) is 0 Å². The van der Waals surface area contributed by atoms with E-state index in [2.05, 4.69) is 0 Å². The van der Waals surface area contributed by atoms with Crippen molar-refractivity contribution in [3.05, 3.63) is 20.3 Å². The highest BCUT2D eigenvalue weighted by atomic mass is 35.5. The maximum absolute atomic E-state index is 11.6. The van der Waals surface area contributed by atoms with Crippen molar-refractivity contribution in [3.8, 4) is 0 Å². The molecule has 1 aromatic heterocycles. The van der Waals surface area contributed by atoms with Crippen molar-refractivity contribution in [1.82, 2.24) is 0 Å². The number of hydrogen-bond donors (Lipinski definition) is 0. The molecule has 0 radical (unpaired) electrons. The van der Waals surface area contributed by atoms with Gasteiger partial charge in [0.2, 0.25) is 0 Å². The fraction of sp³-hybridized carbons (Fsp3) is 0.400. The first kappa shape index (κ1) is 11.1. The summed E-state index contributed by atoms with van der Waals surface area (Å²) in [6.45, 7) is 0. The number of Topliss-reactive ketones (excluding diaryl/α,β-unsaturated/α-hetero) is 2. The number of rotatable bonds is 1. The van der Waals surface area contributed by atoms with Gasteiger partial charge in [-0.05, 0) is 12.5 Å². The number of halogens is 2. The summed E-state index contributed by atoms with van der Waals surface area (Å²) >= 11 is 12.9. The summed E-state index contributed by atoms with van der Waals surface area (Å²) in [5, 5.41) is 0. The summed E-state index contributed by atoms with van der Waals surface area (Å²) in [4.78, 5) is 23.3. The lowest BCUT2D eigenvalue weighted by atomic mass is 9.83. The first-order valence-electron chi connectivity index (χ1n) is 4.59. The van der Waals surface area contributed by atoms with E-state index in [-0.39, 0.29) is 11.6 Å². The second kappa shape index (κ2) is 4.24. The van der Waals surface area contributed by atoms with Crippen LogP contribution >= 0.6 is 34.5 Å². The predicted molar refractivity (Wildman–Crippen MR) is 60.9 cm³/mol. The van der Waals surface area contributed by atoms with Crippen LogP contribution in [0.4, 0.5) is 0 Å². The smallest absolute Gasteiger partial charge is 0.147 e. The highest BCUT2D eigenvalue weighted by Gasteiger charge is 2.33. The van der Waals surface area contributed by atoms with E-state index in [0.717, 1.165) is 0 Å². The van der Waals surface area contributed by atoms with Crippen LogP contribution in [0.2, 0.25) is 8.67 Å². The van der Waals surface area contributed by atoms with E-state index in [1.165, 1.54) is 11.3 Å². The van der Waals surface area contributed by atoms with Crippen LogP contribution in [-0.2, 0) is 9.59 Å². The van der Waals surface area contributed by atoms with Gasteiger partial charge in [-0.15, -0.1) is 11.3 Å². The van der Waals surface area contributed by atoms with E-state index >= 15 is 0 Å². The molecule has 1 heterocycles. The number of carbonyl (C=O) groups is 2. The van der Waals surface area contributed by atoms with Crippen LogP contribution in [0.25, 0.3) is 0 Å². The molecular weight excluding hydrogens is 255 g/mol. The average molecular weight is 263 g/mol. The Hall–Kier alpha value is -0.380. The number of carbonyl (C=O) groups excluding carboxylic acids is 2. The molecule has 5 heteroatoms. The molecule has 0 aromatic carbocycles. The molecule has 0 atom stereocenters. The Labute approximate surface area is 101 Å². The Kier molecular flexibility index (Phi) is 3.14. The van der Waals surface area contributed by atoms with Crippen LogP contribution < -0.4 is 0 Å². The van der Waals surface area contributed by atoms with Gasteiger partial charge >= 0.3 is 0 Å². The van der Waals surface area contributed by atoms with Crippen LogP contribution in [0.1, 0.15) is 30.7 Å². The second-order valence-corrected chi connectivity index (χ2v) is 5.78. The minimum atomic E-state index is -0.671. The van der Waals surface area contributed by atoms with E-state index in [4.69, 9.17) is 23.2 Å². The van der Waals surface area contributed by atoms with Gasteiger partial charge in [0.15, 0.2) is 0 Å². The molecule has 0 spiro atoms. The Morgan fingerprint density at radius 3 is 2.27 bits per heavy atom. The fourth-order valence-corrected chi connectivity index (χ4v) is 3.33. The zero-order chi connectivity index (χ0) is 11.0. The molecule has 1 aromatic rings. The SMILES string of the molecule is O=C1CCCC(=O)C1c1cc(Cl)sc1Cl. The Bertz CT molecular complexity index is 409. The standard InChI is InChI=1S/C10H8Cl2O2S/c11-8-4-5(10(12)15-8)9-6(13)2-1-3-7(9)14/h4,9H,1-3H2. The van der Waals surface area contributed by atoms with Crippen LogP contribution in [0.15, 0.2) is 6.07 Å². The lowest BCUT2D eigenvalue weighted by molar-refractivity contribution is -0.131. The van der Waals surface area contributed by atoms with Crippen LogP contribution in [0.5, 0.6) is 0 Å². The predicted octanol–water partition coefficient (Wildman–Crippen LogP) is 3.46. The topological polar surface area (TPSA) is 34.1 Å². The second-order valence-electron chi connectivity index (χ2n) is 3.50. The van der Waals surface area contributed by atoms with E-state index in [0.29, 0.717) is 33.5 Å². The van der Waals surface area contributed by atoms with Crippen molar-refractivity contribution in [2.75, 3.05) is 0 Å². The summed E-state index contributed by atoms with van der Waals surface area (Å²) in [6, 6.07) is 1.63. The van der Waals surface area contributed by atoms with Crippen molar-refractivity contribution < 1.29 is 9.59 Å². The molecule has 1 aliphatic rings. The number of ketones is 2. The summed E-state index contributed by atoms with van der Waals surface area (Å²) in [5.74, 6) is -0.750. The molecule has 0 aliphatic heterocycles. The quantitative estimate of drug-likeness (QED) is 0.727. The highest BCUT2D eigenvalue weighted by molar-refractivity contribution is 7.20. The van der Waals surface area contributed by atoms with Crippen LogP contribution in [-0.4, -0.2) is 11.6 Å². The molecule has 2 nitrogen and oxygen atoms in total. The summed E-state index contributed by atoms with van der Waals surface area (Å²) < 4.78 is 0.967. The fourth-order valence-electron chi connectivity index (χ4n) is 1.80. The molecule has 1 aliphatic carbocycles. The molecule has 15 heavy (non-hydrogen) atoms. The van der Waals surface area contributed by atoms with Crippen LogP contribution in [0, 0.1) is 0 Å². The lowest BCUT2D eigenvalue weighted by Gasteiger charge is -2.18. The van der Waals surface area contributed by atoms with Gasteiger partial charge in [-0.2, -0.15) is 0 Å². The van der Waals surface area contributed by atoms with Gasteiger partial charge in [0, 0.05) is 18.4 Å². The molecule has 0 N–H and O–H groups in total. The molecule has 0 saturated heterocycles.